The molecule has 3 rings (SSSR count). The maximum absolute atomic E-state index is 13.0. The Morgan fingerprint density at radius 1 is 1.29 bits per heavy atom. The van der Waals surface area contributed by atoms with Gasteiger partial charge in [-0.15, -0.1) is 0 Å². The van der Waals surface area contributed by atoms with Crippen molar-refractivity contribution in [3.63, 3.8) is 0 Å². The first kappa shape index (κ1) is 17.4. The molecule has 2 saturated heterocycles. The van der Waals surface area contributed by atoms with E-state index in [2.05, 4.69) is 0 Å². The highest BCUT2D eigenvalue weighted by molar-refractivity contribution is 7.89. The van der Waals surface area contributed by atoms with Gasteiger partial charge in [0, 0.05) is 19.1 Å². The van der Waals surface area contributed by atoms with Gasteiger partial charge in [0.2, 0.25) is 15.9 Å². The van der Waals surface area contributed by atoms with Gasteiger partial charge in [-0.1, -0.05) is 18.2 Å². The lowest BCUT2D eigenvalue weighted by molar-refractivity contribution is -0.135. The van der Waals surface area contributed by atoms with Crippen molar-refractivity contribution in [2.75, 3.05) is 19.6 Å². The fourth-order valence-electron chi connectivity index (χ4n) is 3.81. The van der Waals surface area contributed by atoms with Gasteiger partial charge in [-0.25, -0.2) is 8.42 Å². The third kappa shape index (κ3) is 3.08. The molecule has 2 aliphatic rings. The maximum Gasteiger partial charge on any atom is 0.243 e. The molecule has 24 heavy (non-hydrogen) atoms. The van der Waals surface area contributed by atoms with Gasteiger partial charge in [0.1, 0.15) is 6.04 Å². The topological polar surface area (TPSA) is 83.7 Å². The molecule has 2 heterocycles. The van der Waals surface area contributed by atoms with Crippen LogP contribution in [0.4, 0.5) is 0 Å². The zero-order valence-electron chi connectivity index (χ0n) is 14.0. The van der Waals surface area contributed by atoms with E-state index in [9.17, 15) is 13.2 Å². The molecule has 3 atom stereocenters. The Morgan fingerprint density at radius 2 is 2.00 bits per heavy atom. The Hall–Kier alpha value is -1.44. The van der Waals surface area contributed by atoms with Gasteiger partial charge in [0.05, 0.1) is 4.90 Å². The highest BCUT2D eigenvalue weighted by atomic mass is 32.2. The second kappa shape index (κ2) is 6.82. The van der Waals surface area contributed by atoms with Crippen molar-refractivity contribution in [3.8, 4) is 0 Å². The van der Waals surface area contributed by atoms with Crippen LogP contribution in [-0.2, 0) is 14.8 Å². The SMILES string of the molecule is CC1CC(CN)CN1C(=O)C1CCCN1S(=O)(=O)c1ccccc1. The Kier molecular flexibility index (Phi) is 4.94. The molecule has 0 spiro atoms. The molecule has 6 nitrogen and oxygen atoms in total. The fourth-order valence-corrected chi connectivity index (χ4v) is 5.49. The minimum Gasteiger partial charge on any atom is -0.338 e. The lowest BCUT2D eigenvalue weighted by atomic mass is 10.1. The number of hydrogen-bond acceptors (Lipinski definition) is 4. The van der Waals surface area contributed by atoms with E-state index >= 15 is 0 Å². The predicted molar refractivity (Wildman–Crippen MR) is 91.7 cm³/mol. The molecule has 1 aromatic rings. The predicted octanol–water partition coefficient (Wildman–Crippen LogP) is 1.04. The van der Waals surface area contributed by atoms with Crippen LogP contribution in [0.3, 0.4) is 0 Å². The van der Waals surface area contributed by atoms with Crippen LogP contribution in [0, 0.1) is 5.92 Å². The number of nitrogens with zero attached hydrogens (tertiary/aromatic N) is 2. The van der Waals surface area contributed by atoms with Crippen LogP contribution < -0.4 is 5.73 Å². The maximum atomic E-state index is 13.0. The Labute approximate surface area is 143 Å². The summed E-state index contributed by atoms with van der Waals surface area (Å²) < 4.78 is 27.2. The van der Waals surface area contributed by atoms with Crippen LogP contribution in [0.1, 0.15) is 26.2 Å². The monoisotopic (exact) mass is 351 g/mol. The summed E-state index contributed by atoms with van der Waals surface area (Å²) in [6, 6.07) is 7.88. The number of sulfonamides is 1. The van der Waals surface area contributed by atoms with Crippen molar-refractivity contribution < 1.29 is 13.2 Å². The van der Waals surface area contributed by atoms with Gasteiger partial charge < -0.3 is 10.6 Å². The van der Waals surface area contributed by atoms with E-state index in [0.717, 1.165) is 6.42 Å². The molecule has 1 aromatic carbocycles. The standard InChI is InChI=1S/C17H25N3O3S/c1-13-10-14(11-18)12-19(13)17(21)16-8-5-9-20(16)24(22,23)15-6-3-2-4-7-15/h2-4,6-7,13-14,16H,5,8-12,18H2,1H3. The van der Waals surface area contributed by atoms with Gasteiger partial charge in [0.25, 0.3) is 0 Å². The van der Waals surface area contributed by atoms with Crippen molar-refractivity contribution in [1.82, 2.24) is 9.21 Å². The van der Waals surface area contributed by atoms with Crippen molar-refractivity contribution >= 4 is 15.9 Å². The quantitative estimate of drug-likeness (QED) is 0.878. The minimum atomic E-state index is -3.64. The number of hydrogen-bond donors (Lipinski definition) is 1. The summed E-state index contributed by atoms with van der Waals surface area (Å²) in [7, 11) is -3.64. The van der Waals surface area contributed by atoms with Crippen molar-refractivity contribution in [2.45, 2.75) is 43.2 Å². The van der Waals surface area contributed by atoms with E-state index in [1.54, 1.807) is 30.3 Å². The lowest BCUT2D eigenvalue weighted by Gasteiger charge is -2.29. The molecular weight excluding hydrogens is 326 g/mol. The second-order valence-electron chi connectivity index (χ2n) is 6.76. The number of amides is 1. The van der Waals surface area contributed by atoms with Crippen LogP contribution >= 0.6 is 0 Å². The second-order valence-corrected chi connectivity index (χ2v) is 8.65. The molecule has 0 aromatic heterocycles. The number of carbonyl (C=O) groups excluding carboxylic acids is 1. The minimum absolute atomic E-state index is 0.0737. The molecule has 2 N–H and O–H groups in total. The molecule has 1 amide bonds. The number of benzene rings is 1. The summed E-state index contributed by atoms with van der Waals surface area (Å²) in [5.74, 6) is 0.236. The van der Waals surface area contributed by atoms with Crippen LogP contribution in [0.15, 0.2) is 35.2 Å². The zero-order valence-corrected chi connectivity index (χ0v) is 14.8. The first-order valence-electron chi connectivity index (χ1n) is 8.52. The average Bonchev–Trinajstić information content (AvgIpc) is 3.22. The molecule has 0 bridgehead atoms. The zero-order chi connectivity index (χ0) is 17.3. The number of likely N-dealkylation sites (tertiary alicyclic amines) is 1. The van der Waals surface area contributed by atoms with Gasteiger partial charge in [0.15, 0.2) is 0 Å². The summed E-state index contributed by atoms with van der Waals surface area (Å²) in [4.78, 5) is 15.1. The highest BCUT2D eigenvalue weighted by Gasteiger charge is 2.43. The largest absolute Gasteiger partial charge is 0.338 e. The normalized spacial score (nSPS) is 28.4. The van der Waals surface area contributed by atoms with Crippen molar-refractivity contribution in [2.24, 2.45) is 11.7 Å². The summed E-state index contributed by atoms with van der Waals surface area (Å²) in [5.41, 5.74) is 5.74. The molecule has 0 aliphatic carbocycles. The summed E-state index contributed by atoms with van der Waals surface area (Å²) >= 11 is 0. The first-order valence-corrected chi connectivity index (χ1v) is 9.96. The molecule has 3 unspecified atom stereocenters. The van der Waals surface area contributed by atoms with Gasteiger partial charge in [-0.2, -0.15) is 4.31 Å². The van der Waals surface area contributed by atoms with Gasteiger partial charge in [-0.3, -0.25) is 4.79 Å². The number of nitrogens with two attached hydrogens (primary N) is 1. The van der Waals surface area contributed by atoms with Gasteiger partial charge >= 0.3 is 0 Å². The van der Waals surface area contributed by atoms with Crippen LogP contribution in [0.5, 0.6) is 0 Å². The van der Waals surface area contributed by atoms with E-state index in [-0.39, 0.29) is 16.8 Å². The molecular formula is C17H25N3O3S. The van der Waals surface area contributed by atoms with Gasteiger partial charge in [-0.05, 0) is 50.8 Å². The molecule has 2 fully saturated rings. The van der Waals surface area contributed by atoms with Crippen molar-refractivity contribution in [1.29, 1.82) is 0 Å². The molecule has 0 saturated carbocycles. The Morgan fingerprint density at radius 3 is 2.62 bits per heavy atom. The third-order valence-electron chi connectivity index (χ3n) is 5.12. The number of rotatable bonds is 4. The van der Waals surface area contributed by atoms with Crippen LogP contribution in [-0.4, -0.2) is 55.2 Å². The van der Waals surface area contributed by atoms with Crippen LogP contribution in [0.2, 0.25) is 0 Å². The molecule has 7 heteroatoms. The first-order chi connectivity index (χ1) is 11.4. The molecule has 132 valence electrons. The number of carbonyl (C=O) groups is 1. The third-order valence-corrected chi connectivity index (χ3v) is 7.04. The highest BCUT2D eigenvalue weighted by Crippen LogP contribution is 2.30. The van der Waals surface area contributed by atoms with Crippen molar-refractivity contribution in [3.05, 3.63) is 30.3 Å². The Bertz CT molecular complexity index is 692. The van der Waals surface area contributed by atoms with Crippen LogP contribution in [0.25, 0.3) is 0 Å². The fraction of sp³-hybridized carbons (Fsp3) is 0.588. The summed E-state index contributed by atoms with van der Waals surface area (Å²) in [6.45, 7) is 3.60. The smallest absolute Gasteiger partial charge is 0.243 e. The van der Waals surface area contributed by atoms with E-state index in [4.69, 9.17) is 5.73 Å². The van der Waals surface area contributed by atoms with E-state index < -0.39 is 16.1 Å². The lowest BCUT2D eigenvalue weighted by Crippen LogP contribution is -2.48. The van der Waals surface area contributed by atoms with E-state index in [0.29, 0.717) is 38.4 Å². The van der Waals surface area contributed by atoms with E-state index in [1.165, 1.54) is 4.31 Å². The average molecular weight is 351 g/mol. The molecule has 0 radical (unpaired) electrons. The summed E-state index contributed by atoms with van der Waals surface area (Å²) in [6.07, 6.45) is 2.19. The van der Waals surface area contributed by atoms with E-state index in [1.807, 2.05) is 11.8 Å². The molecule has 2 aliphatic heterocycles. The summed E-state index contributed by atoms with van der Waals surface area (Å²) in [5, 5.41) is 0. The Balaban J connectivity index is 1.82.